The van der Waals surface area contributed by atoms with E-state index in [4.69, 9.17) is 9.47 Å². The third kappa shape index (κ3) is 4.49. The number of imidazole rings is 1. The molecule has 1 rings (SSSR count). The summed E-state index contributed by atoms with van der Waals surface area (Å²) in [5.41, 5.74) is 0. The van der Waals surface area contributed by atoms with Gasteiger partial charge in [-0.15, -0.1) is 0 Å². The van der Waals surface area contributed by atoms with Crippen LogP contribution in [0.4, 0.5) is 4.79 Å². The van der Waals surface area contributed by atoms with Crippen LogP contribution in [0.15, 0.2) is 18.7 Å². The van der Waals surface area contributed by atoms with E-state index >= 15 is 0 Å². The van der Waals surface area contributed by atoms with Gasteiger partial charge in [0.25, 0.3) is 0 Å². The Balaban J connectivity index is 2.13. The van der Waals surface area contributed by atoms with Crippen LogP contribution in [0.3, 0.4) is 0 Å². The van der Waals surface area contributed by atoms with Crippen LogP contribution in [-0.2, 0) is 23.1 Å². The van der Waals surface area contributed by atoms with Crippen LogP contribution in [0.1, 0.15) is 13.3 Å². The summed E-state index contributed by atoms with van der Waals surface area (Å²) in [5.74, 6) is 0. The Morgan fingerprint density at radius 1 is 1.40 bits per heavy atom. The van der Waals surface area contributed by atoms with Gasteiger partial charge in [-0.25, -0.2) is 13.9 Å². The molecular formula is C10H17N2O3+. The Bertz CT molecular complexity index is 309. The predicted octanol–water partition coefficient (Wildman–Crippen LogP) is 0.876. The summed E-state index contributed by atoms with van der Waals surface area (Å²) < 4.78 is 13.5. The highest BCUT2D eigenvalue weighted by molar-refractivity contribution is 5.59. The van der Waals surface area contributed by atoms with Gasteiger partial charge in [-0.1, -0.05) is 6.92 Å². The lowest BCUT2D eigenvalue weighted by Gasteiger charge is -2.03. The molecular weight excluding hydrogens is 196 g/mol. The summed E-state index contributed by atoms with van der Waals surface area (Å²) in [6.07, 6.45) is 5.98. The van der Waals surface area contributed by atoms with Crippen LogP contribution in [-0.4, -0.2) is 23.9 Å². The van der Waals surface area contributed by atoms with Gasteiger partial charge in [-0.05, 0) is 6.42 Å². The van der Waals surface area contributed by atoms with Crippen LogP contribution in [0.2, 0.25) is 0 Å². The van der Waals surface area contributed by atoms with Gasteiger partial charge in [0.15, 0.2) is 0 Å². The van der Waals surface area contributed by atoms with Gasteiger partial charge < -0.3 is 9.47 Å². The van der Waals surface area contributed by atoms with Crippen molar-refractivity contribution in [3.63, 3.8) is 0 Å². The van der Waals surface area contributed by atoms with Gasteiger partial charge in [0.2, 0.25) is 6.33 Å². The molecule has 0 aliphatic carbocycles. The fourth-order valence-corrected chi connectivity index (χ4v) is 1.10. The summed E-state index contributed by atoms with van der Waals surface area (Å²) in [6, 6.07) is 0. The van der Waals surface area contributed by atoms with Crippen molar-refractivity contribution in [3.05, 3.63) is 18.7 Å². The normalized spacial score (nSPS) is 10.0. The fourth-order valence-electron chi connectivity index (χ4n) is 1.10. The molecule has 0 unspecified atom stereocenters. The van der Waals surface area contributed by atoms with E-state index in [1.165, 1.54) is 0 Å². The molecule has 0 aromatic carbocycles. The molecule has 1 aromatic rings. The molecule has 5 nitrogen and oxygen atoms in total. The van der Waals surface area contributed by atoms with E-state index < -0.39 is 6.16 Å². The van der Waals surface area contributed by atoms with Crippen molar-refractivity contribution < 1.29 is 18.8 Å². The van der Waals surface area contributed by atoms with E-state index in [2.05, 4.69) is 0 Å². The number of nitrogens with zero attached hydrogens (tertiary/aromatic N) is 2. The maximum absolute atomic E-state index is 10.9. The van der Waals surface area contributed by atoms with Crippen molar-refractivity contribution >= 4 is 6.16 Å². The third-order valence-electron chi connectivity index (χ3n) is 1.82. The number of ether oxygens (including phenoxy) is 2. The van der Waals surface area contributed by atoms with Crippen molar-refractivity contribution in [1.82, 2.24) is 4.57 Å². The molecule has 0 aliphatic rings. The standard InChI is InChI=1S/C10H17N2O3/c1-3-7-14-10(13)15-8-6-12-5-4-11(2)9-12/h4-5,9H,3,6-8H2,1-2H3/q+1. The Labute approximate surface area is 89.2 Å². The van der Waals surface area contributed by atoms with Crippen LogP contribution in [0.25, 0.3) is 0 Å². The van der Waals surface area contributed by atoms with E-state index in [0.717, 1.165) is 6.42 Å². The van der Waals surface area contributed by atoms with E-state index in [9.17, 15) is 4.79 Å². The molecule has 0 atom stereocenters. The minimum Gasteiger partial charge on any atom is -0.434 e. The lowest BCUT2D eigenvalue weighted by atomic mass is 10.5. The average molecular weight is 213 g/mol. The lowest BCUT2D eigenvalue weighted by molar-refractivity contribution is -0.697. The predicted molar refractivity (Wildman–Crippen MR) is 53.2 cm³/mol. The zero-order valence-corrected chi connectivity index (χ0v) is 9.18. The topological polar surface area (TPSA) is 44.3 Å². The third-order valence-corrected chi connectivity index (χ3v) is 1.82. The molecule has 5 heteroatoms. The van der Waals surface area contributed by atoms with Gasteiger partial charge in [0.05, 0.1) is 13.7 Å². The Hall–Kier alpha value is -1.52. The first-order chi connectivity index (χ1) is 7.22. The molecule has 0 bridgehead atoms. The molecule has 0 aliphatic heterocycles. The van der Waals surface area contributed by atoms with Crippen LogP contribution >= 0.6 is 0 Å². The quantitative estimate of drug-likeness (QED) is 0.538. The van der Waals surface area contributed by atoms with Gasteiger partial charge in [-0.3, -0.25) is 0 Å². The summed E-state index contributed by atoms with van der Waals surface area (Å²) in [7, 11) is 1.94. The first kappa shape index (κ1) is 11.6. The number of aryl methyl sites for hydroxylation is 1. The highest BCUT2D eigenvalue weighted by Crippen LogP contribution is 1.87. The minimum atomic E-state index is -0.589. The largest absolute Gasteiger partial charge is 0.508 e. The van der Waals surface area contributed by atoms with Crippen LogP contribution < -0.4 is 4.57 Å². The second-order valence-corrected chi connectivity index (χ2v) is 3.26. The Morgan fingerprint density at radius 3 is 2.73 bits per heavy atom. The zero-order valence-electron chi connectivity index (χ0n) is 9.18. The highest BCUT2D eigenvalue weighted by atomic mass is 16.7. The molecule has 84 valence electrons. The molecule has 0 fully saturated rings. The van der Waals surface area contributed by atoms with E-state index in [1.54, 1.807) is 0 Å². The molecule has 0 saturated heterocycles. The van der Waals surface area contributed by atoms with Crippen LogP contribution in [0.5, 0.6) is 0 Å². The fraction of sp³-hybridized carbons (Fsp3) is 0.600. The van der Waals surface area contributed by atoms with Gasteiger partial charge in [-0.2, -0.15) is 0 Å². The van der Waals surface area contributed by atoms with E-state index in [-0.39, 0.29) is 0 Å². The molecule has 0 spiro atoms. The zero-order chi connectivity index (χ0) is 11.1. The smallest absolute Gasteiger partial charge is 0.434 e. The highest BCUT2D eigenvalue weighted by Gasteiger charge is 2.04. The maximum atomic E-state index is 10.9. The van der Waals surface area contributed by atoms with Crippen molar-refractivity contribution in [2.45, 2.75) is 19.9 Å². The van der Waals surface area contributed by atoms with Crippen molar-refractivity contribution in [2.75, 3.05) is 13.2 Å². The Kier molecular flexibility index (Phi) is 4.66. The maximum Gasteiger partial charge on any atom is 0.508 e. The monoisotopic (exact) mass is 213 g/mol. The van der Waals surface area contributed by atoms with Gasteiger partial charge >= 0.3 is 6.16 Å². The second-order valence-electron chi connectivity index (χ2n) is 3.26. The van der Waals surface area contributed by atoms with Crippen molar-refractivity contribution in [1.29, 1.82) is 0 Å². The molecule has 15 heavy (non-hydrogen) atoms. The number of carbonyl (C=O) groups is 1. The Morgan fingerprint density at radius 2 is 2.13 bits per heavy atom. The summed E-state index contributed by atoms with van der Waals surface area (Å²) in [6.45, 7) is 3.32. The minimum absolute atomic E-state index is 0.331. The molecule has 0 saturated carbocycles. The lowest BCUT2D eigenvalue weighted by Crippen LogP contribution is -2.34. The molecule has 0 N–H and O–H groups in total. The molecule has 1 heterocycles. The SMILES string of the molecule is CCCOC(=O)OCC[n+]1ccn(C)c1. The first-order valence-corrected chi connectivity index (χ1v) is 5.03. The summed E-state index contributed by atoms with van der Waals surface area (Å²) in [5, 5.41) is 0. The summed E-state index contributed by atoms with van der Waals surface area (Å²) >= 11 is 0. The number of hydrogen-bond donors (Lipinski definition) is 0. The van der Waals surface area contributed by atoms with Crippen molar-refractivity contribution in [2.24, 2.45) is 7.05 Å². The first-order valence-electron chi connectivity index (χ1n) is 5.03. The van der Waals surface area contributed by atoms with Gasteiger partial charge in [0, 0.05) is 0 Å². The van der Waals surface area contributed by atoms with E-state index in [0.29, 0.717) is 19.8 Å². The van der Waals surface area contributed by atoms with E-state index in [1.807, 2.05) is 41.8 Å². The second kappa shape index (κ2) is 6.06. The van der Waals surface area contributed by atoms with Crippen LogP contribution in [0, 0.1) is 0 Å². The number of rotatable bonds is 5. The summed E-state index contributed by atoms with van der Waals surface area (Å²) in [4.78, 5) is 10.9. The molecule has 1 aromatic heterocycles. The number of carbonyl (C=O) groups excluding carboxylic acids is 1. The van der Waals surface area contributed by atoms with Gasteiger partial charge in [0.1, 0.15) is 25.5 Å². The number of hydrogen-bond acceptors (Lipinski definition) is 3. The number of aromatic nitrogens is 2. The molecule has 0 radical (unpaired) electrons. The molecule has 0 amide bonds. The average Bonchev–Trinajstić information content (AvgIpc) is 2.61. The van der Waals surface area contributed by atoms with Crippen molar-refractivity contribution in [3.8, 4) is 0 Å².